The number of hydrogen-bond acceptors (Lipinski definition) is 2. The Morgan fingerprint density at radius 2 is 2.31 bits per heavy atom. The fraction of sp³-hybridized carbons (Fsp3) is 0.125. The number of hydrogen-bond donors (Lipinski definition) is 2. The van der Waals surface area contributed by atoms with Gasteiger partial charge in [-0.2, -0.15) is 0 Å². The number of carboxylic acid groups (broad SMARTS) is 1. The highest BCUT2D eigenvalue weighted by Crippen LogP contribution is 2.15. The monoisotopic (exact) mass is 203 g/mol. The first kappa shape index (κ1) is 9.80. The average Bonchev–Trinajstić information content (AvgIpc) is 2.04. The van der Waals surface area contributed by atoms with Gasteiger partial charge in [-0.15, -0.1) is 0 Å². The lowest BCUT2D eigenvalue weighted by molar-refractivity contribution is -0.141. The molecule has 0 fully saturated rings. The molecule has 0 radical (unpaired) electrons. The molecule has 0 bridgehead atoms. The van der Waals surface area contributed by atoms with Crippen LogP contribution in [0, 0.1) is 0 Å². The molecule has 2 N–H and O–H groups in total. The molecule has 1 aromatic rings. The van der Waals surface area contributed by atoms with E-state index in [1.807, 2.05) is 0 Å². The number of nitrogens with one attached hydrogen (secondary N) is 1. The lowest BCUT2D eigenvalue weighted by Gasteiger charge is -2.07. The summed E-state index contributed by atoms with van der Waals surface area (Å²) in [6, 6.07) is 6.18. The molecule has 0 aliphatic rings. The van der Waals surface area contributed by atoms with E-state index in [1.165, 1.54) is 12.1 Å². The molecule has 5 heteroatoms. The Balaban J connectivity index is 2.69. The lowest BCUT2D eigenvalue weighted by Crippen LogP contribution is -2.23. The van der Waals surface area contributed by atoms with Crippen molar-refractivity contribution < 1.29 is 14.3 Å². The highest BCUT2D eigenvalue weighted by atomic mass is 35.5. The Morgan fingerprint density at radius 1 is 1.62 bits per heavy atom. The Hall–Kier alpha value is -1.29. The zero-order valence-corrected chi connectivity index (χ0v) is 7.25. The van der Waals surface area contributed by atoms with E-state index >= 15 is 0 Å². The van der Waals surface area contributed by atoms with Crippen LogP contribution in [0.4, 0.5) is 10.1 Å². The summed E-state index contributed by atoms with van der Waals surface area (Å²) in [4.78, 5) is 10.1. The summed E-state index contributed by atoms with van der Waals surface area (Å²) in [5, 5.41) is 10.8. The normalized spacial score (nSPS) is 12.2. The standard InChI is InChI=1S/C8H7ClFNO2/c9-5-2-1-3-6(4-5)11-7(10)8(12)13/h1-4,7,11H,(H,12,13)/t7-/m1/s1. The third kappa shape index (κ3) is 2.91. The maximum atomic E-state index is 12.6. The molecular weight excluding hydrogens is 197 g/mol. The van der Waals surface area contributed by atoms with E-state index in [0.717, 1.165) is 0 Å². The molecule has 1 rings (SSSR count). The van der Waals surface area contributed by atoms with Crippen molar-refractivity contribution in [3.63, 3.8) is 0 Å². The number of carboxylic acids is 1. The van der Waals surface area contributed by atoms with E-state index in [4.69, 9.17) is 16.7 Å². The van der Waals surface area contributed by atoms with Crippen LogP contribution in [0.2, 0.25) is 5.02 Å². The number of rotatable bonds is 3. The van der Waals surface area contributed by atoms with Crippen molar-refractivity contribution in [2.24, 2.45) is 0 Å². The van der Waals surface area contributed by atoms with Crippen LogP contribution in [0.5, 0.6) is 0 Å². The van der Waals surface area contributed by atoms with Crippen molar-refractivity contribution in [1.82, 2.24) is 0 Å². The first-order chi connectivity index (χ1) is 6.09. The van der Waals surface area contributed by atoms with Crippen LogP contribution in [0.25, 0.3) is 0 Å². The topological polar surface area (TPSA) is 49.3 Å². The fourth-order valence-electron chi connectivity index (χ4n) is 0.786. The predicted octanol–water partition coefficient (Wildman–Crippen LogP) is 2.13. The summed E-state index contributed by atoms with van der Waals surface area (Å²) in [6.45, 7) is 0. The van der Waals surface area contributed by atoms with Gasteiger partial charge in [0.15, 0.2) is 0 Å². The SMILES string of the molecule is O=C(O)[C@H](F)Nc1cccc(Cl)c1. The van der Waals surface area contributed by atoms with E-state index in [-0.39, 0.29) is 0 Å². The van der Waals surface area contributed by atoms with Crippen LogP contribution in [0.15, 0.2) is 24.3 Å². The summed E-state index contributed by atoms with van der Waals surface area (Å²) >= 11 is 5.60. The van der Waals surface area contributed by atoms with Gasteiger partial charge >= 0.3 is 5.97 Å². The van der Waals surface area contributed by atoms with Crippen LogP contribution in [-0.2, 0) is 4.79 Å². The molecule has 1 atom stereocenters. The van der Waals surface area contributed by atoms with Gasteiger partial charge in [-0.05, 0) is 18.2 Å². The fourth-order valence-corrected chi connectivity index (χ4v) is 0.977. The Kier molecular flexibility index (Phi) is 3.08. The second kappa shape index (κ2) is 4.09. The van der Waals surface area contributed by atoms with Crippen molar-refractivity contribution in [2.45, 2.75) is 6.30 Å². The van der Waals surface area contributed by atoms with E-state index < -0.39 is 12.3 Å². The maximum Gasteiger partial charge on any atom is 0.359 e. The molecule has 13 heavy (non-hydrogen) atoms. The summed E-state index contributed by atoms with van der Waals surface area (Å²) < 4.78 is 12.6. The van der Waals surface area contributed by atoms with Gasteiger partial charge in [0.25, 0.3) is 6.30 Å². The van der Waals surface area contributed by atoms with E-state index in [9.17, 15) is 9.18 Å². The summed E-state index contributed by atoms with van der Waals surface area (Å²) in [5.41, 5.74) is 0.336. The third-order valence-corrected chi connectivity index (χ3v) is 1.57. The van der Waals surface area contributed by atoms with Crippen LogP contribution in [-0.4, -0.2) is 17.4 Å². The number of aliphatic carboxylic acids is 1. The van der Waals surface area contributed by atoms with Gasteiger partial charge in [-0.1, -0.05) is 17.7 Å². The number of halogens is 2. The molecule has 0 unspecified atom stereocenters. The lowest BCUT2D eigenvalue weighted by atomic mass is 10.3. The molecule has 0 spiro atoms. The summed E-state index contributed by atoms with van der Waals surface area (Å²) in [6.07, 6.45) is -2.11. The molecule has 0 amide bonds. The Morgan fingerprint density at radius 3 is 2.85 bits per heavy atom. The molecule has 0 heterocycles. The highest BCUT2D eigenvalue weighted by Gasteiger charge is 2.14. The number of alkyl halides is 1. The molecule has 0 saturated heterocycles. The van der Waals surface area contributed by atoms with Crippen LogP contribution in [0.1, 0.15) is 0 Å². The maximum absolute atomic E-state index is 12.6. The molecule has 0 aromatic heterocycles. The van der Waals surface area contributed by atoms with Crippen molar-refractivity contribution in [3.05, 3.63) is 29.3 Å². The Bertz CT molecular complexity index is 319. The highest BCUT2D eigenvalue weighted by molar-refractivity contribution is 6.30. The zero-order valence-electron chi connectivity index (χ0n) is 6.50. The smallest absolute Gasteiger partial charge is 0.359 e. The molecule has 70 valence electrons. The molecular formula is C8H7ClFNO2. The number of carbonyl (C=O) groups is 1. The Labute approximate surface area is 79.1 Å². The van der Waals surface area contributed by atoms with Gasteiger partial charge in [0.2, 0.25) is 0 Å². The van der Waals surface area contributed by atoms with E-state index in [1.54, 1.807) is 12.1 Å². The minimum absolute atomic E-state index is 0.336. The average molecular weight is 204 g/mol. The molecule has 0 aliphatic heterocycles. The quantitative estimate of drug-likeness (QED) is 0.740. The van der Waals surface area contributed by atoms with Crippen molar-refractivity contribution >= 4 is 23.3 Å². The van der Waals surface area contributed by atoms with Crippen molar-refractivity contribution in [2.75, 3.05) is 5.32 Å². The number of anilines is 1. The largest absolute Gasteiger partial charge is 0.478 e. The molecule has 0 saturated carbocycles. The second-order valence-corrected chi connectivity index (χ2v) is 2.79. The summed E-state index contributed by atoms with van der Waals surface area (Å²) in [5.74, 6) is -1.56. The van der Waals surface area contributed by atoms with Crippen LogP contribution >= 0.6 is 11.6 Å². The molecule has 3 nitrogen and oxygen atoms in total. The number of benzene rings is 1. The van der Waals surface area contributed by atoms with E-state index in [2.05, 4.69) is 5.32 Å². The van der Waals surface area contributed by atoms with Gasteiger partial charge < -0.3 is 10.4 Å². The molecule has 0 aliphatic carbocycles. The predicted molar refractivity (Wildman–Crippen MR) is 47.6 cm³/mol. The zero-order chi connectivity index (χ0) is 9.84. The van der Waals surface area contributed by atoms with Crippen LogP contribution < -0.4 is 5.32 Å². The minimum Gasteiger partial charge on any atom is -0.478 e. The molecule has 1 aromatic carbocycles. The van der Waals surface area contributed by atoms with Gasteiger partial charge in [0.05, 0.1) is 0 Å². The van der Waals surface area contributed by atoms with Crippen molar-refractivity contribution in [3.8, 4) is 0 Å². The van der Waals surface area contributed by atoms with E-state index in [0.29, 0.717) is 10.7 Å². The van der Waals surface area contributed by atoms with Crippen LogP contribution in [0.3, 0.4) is 0 Å². The van der Waals surface area contributed by atoms with Gasteiger partial charge in [-0.3, -0.25) is 0 Å². The van der Waals surface area contributed by atoms with Crippen molar-refractivity contribution in [1.29, 1.82) is 0 Å². The van der Waals surface area contributed by atoms with Gasteiger partial charge in [0, 0.05) is 10.7 Å². The second-order valence-electron chi connectivity index (χ2n) is 2.36. The summed E-state index contributed by atoms with van der Waals surface area (Å²) in [7, 11) is 0. The van der Waals surface area contributed by atoms with Gasteiger partial charge in [-0.25, -0.2) is 9.18 Å². The third-order valence-electron chi connectivity index (χ3n) is 1.33. The van der Waals surface area contributed by atoms with Gasteiger partial charge in [0.1, 0.15) is 0 Å². The first-order valence-corrected chi connectivity index (χ1v) is 3.86. The first-order valence-electron chi connectivity index (χ1n) is 3.48. The minimum atomic E-state index is -2.11.